The zero-order valence-electron chi connectivity index (χ0n) is 15.4. The average molecular weight is 336 g/mol. The number of aryl methyl sites for hydroxylation is 3. The standard InChI is InChI=1S/C21H24N2O2/c1-13-11-14(2)17(15(3)12-13)19-18(21(24)23(4)5)20(25-22-19)16-9-7-6-8-10-16/h6-12,18,20H,1-5H3/t18-,20+/m1/s1. The lowest BCUT2D eigenvalue weighted by molar-refractivity contribution is -0.133. The Hall–Kier alpha value is -2.62. The van der Waals surface area contributed by atoms with Crippen molar-refractivity contribution in [3.63, 3.8) is 0 Å². The topological polar surface area (TPSA) is 41.9 Å². The maximum absolute atomic E-state index is 13.0. The van der Waals surface area contributed by atoms with E-state index in [-0.39, 0.29) is 5.91 Å². The molecule has 0 saturated carbocycles. The molecule has 1 aliphatic rings. The molecule has 25 heavy (non-hydrogen) atoms. The molecule has 0 radical (unpaired) electrons. The van der Waals surface area contributed by atoms with Crippen LogP contribution in [0.15, 0.2) is 47.6 Å². The molecule has 0 saturated heterocycles. The fourth-order valence-electron chi connectivity index (χ4n) is 3.58. The van der Waals surface area contributed by atoms with Crippen molar-refractivity contribution in [1.82, 2.24) is 4.90 Å². The number of hydrogen-bond acceptors (Lipinski definition) is 3. The van der Waals surface area contributed by atoms with Crippen molar-refractivity contribution in [2.45, 2.75) is 26.9 Å². The van der Waals surface area contributed by atoms with Gasteiger partial charge in [-0.15, -0.1) is 0 Å². The number of hydrogen-bond donors (Lipinski definition) is 0. The summed E-state index contributed by atoms with van der Waals surface area (Å²) in [5.41, 5.74) is 6.14. The van der Waals surface area contributed by atoms with E-state index in [1.807, 2.05) is 30.3 Å². The zero-order chi connectivity index (χ0) is 18.1. The Kier molecular flexibility index (Phi) is 4.62. The largest absolute Gasteiger partial charge is 0.386 e. The maximum Gasteiger partial charge on any atom is 0.235 e. The Morgan fingerprint density at radius 1 is 1.04 bits per heavy atom. The third-order valence-electron chi connectivity index (χ3n) is 4.63. The van der Waals surface area contributed by atoms with Crippen LogP contribution >= 0.6 is 0 Å². The first-order valence-electron chi connectivity index (χ1n) is 8.48. The second-order valence-electron chi connectivity index (χ2n) is 6.90. The quantitative estimate of drug-likeness (QED) is 0.856. The molecule has 0 unspecified atom stereocenters. The summed E-state index contributed by atoms with van der Waals surface area (Å²) in [6.45, 7) is 6.20. The zero-order valence-corrected chi connectivity index (χ0v) is 15.4. The van der Waals surface area contributed by atoms with Gasteiger partial charge in [-0.05, 0) is 37.5 Å². The van der Waals surface area contributed by atoms with E-state index in [9.17, 15) is 4.79 Å². The van der Waals surface area contributed by atoms with E-state index in [1.54, 1.807) is 19.0 Å². The van der Waals surface area contributed by atoms with E-state index in [0.29, 0.717) is 0 Å². The van der Waals surface area contributed by atoms with Crippen LogP contribution in [0, 0.1) is 26.7 Å². The van der Waals surface area contributed by atoms with E-state index in [4.69, 9.17) is 4.84 Å². The van der Waals surface area contributed by atoms with Crippen LogP contribution in [0.25, 0.3) is 0 Å². The lowest BCUT2D eigenvalue weighted by Crippen LogP contribution is -2.37. The molecule has 4 heteroatoms. The normalized spacial score (nSPS) is 19.3. The second kappa shape index (κ2) is 6.71. The van der Waals surface area contributed by atoms with Gasteiger partial charge in [0, 0.05) is 19.7 Å². The highest BCUT2D eigenvalue weighted by Crippen LogP contribution is 2.37. The van der Waals surface area contributed by atoms with Gasteiger partial charge in [0.15, 0.2) is 6.10 Å². The predicted molar refractivity (Wildman–Crippen MR) is 99.6 cm³/mol. The molecule has 1 aliphatic heterocycles. The van der Waals surface area contributed by atoms with E-state index < -0.39 is 12.0 Å². The lowest BCUT2D eigenvalue weighted by Gasteiger charge is -2.23. The number of benzene rings is 2. The molecule has 0 fully saturated rings. The van der Waals surface area contributed by atoms with Crippen LogP contribution < -0.4 is 0 Å². The highest BCUT2D eigenvalue weighted by Gasteiger charge is 2.43. The number of rotatable bonds is 3. The van der Waals surface area contributed by atoms with Gasteiger partial charge in [-0.25, -0.2) is 0 Å². The average Bonchev–Trinajstić information content (AvgIpc) is 2.98. The number of nitrogens with zero attached hydrogens (tertiary/aromatic N) is 2. The molecular weight excluding hydrogens is 312 g/mol. The molecule has 0 spiro atoms. The molecule has 2 atom stereocenters. The molecule has 0 N–H and O–H groups in total. The minimum atomic E-state index is -0.447. The molecule has 0 bridgehead atoms. The summed E-state index contributed by atoms with van der Waals surface area (Å²) in [6.07, 6.45) is -0.397. The molecule has 1 heterocycles. The van der Waals surface area contributed by atoms with Gasteiger partial charge in [0.25, 0.3) is 0 Å². The fraction of sp³-hybridized carbons (Fsp3) is 0.333. The number of carbonyl (C=O) groups is 1. The minimum absolute atomic E-state index is 0.00415. The van der Waals surface area contributed by atoms with Gasteiger partial charge in [-0.2, -0.15) is 0 Å². The highest BCUT2D eigenvalue weighted by atomic mass is 16.6. The Morgan fingerprint density at radius 2 is 1.64 bits per heavy atom. The van der Waals surface area contributed by atoms with Gasteiger partial charge >= 0.3 is 0 Å². The first kappa shape index (κ1) is 17.2. The van der Waals surface area contributed by atoms with Crippen LogP contribution in [-0.2, 0) is 9.63 Å². The van der Waals surface area contributed by atoms with Crippen LogP contribution in [-0.4, -0.2) is 30.6 Å². The summed E-state index contributed by atoms with van der Waals surface area (Å²) < 4.78 is 0. The molecule has 1 amide bonds. The van der Waals surface area contributed by atoms with Crippen molar-refractivity contribution in [2.75, 3.05) is 14.1 Å². The predicted octanol–water partition coefficient (Wildman–Crippen LogP) is 3.79. The smallest absolute Gasteiger partial charge is 0.235 e. The van der Waals surface area contributed by atoms with Gasteiger partial charge in [-0.1, -0.05) is 53.2 Å². The van der Waals surface area contributed by atoms with E-state index in [2.05, 4.69) is 38.1 Å². The second-order valence-corrected chi connectivity index (χ2v) is 6.90. The number of oxime groups is 1. The summed E-state index contributed by atoms with van der Waals surface area (Å²) in [5, 5.41) is 4.37. The van der Waals surface area contributed by atoms with Crippen molar-refractivity contribution in [3.8, 4) is 0 Å². The number of amides is 1. The van der Waals surface area contributed by atoms with E-state index >= 15 is 0 Å². The van der Waals surface area contributed by atoms with Crippen molar-refractivity contribution in [2.24, 2.45) is 11.1 Å². The SMILES string of the molecule is Cc1cc(C)c(C2=NO[C@@H](c3ccccc3)[C@@H]2C(=O)N(C)C)c(C)c1. The highest BCUT2D eigenvalue weighted by molar-refractivity contribution is 6.15. The van der Waals surface area contributed by atoms with Crippen molar-refractivity contribution in [3.05, 3.63) is 70.3 Å². The summed E-state index contributed by atoms with van der Waals surface area (Å²) in [7, 11) is 3.55. The van der Waals surface area contributed by atoms with Gasteiger partial charge in [0.2, 0.25) is 5.91 Å². The van der Waals surface area contributed by atoms with Crippen molar-refractivity contribution < 1.29 is 9.63 Å². The molecule has 130 valence electrons. The summed E-state index contributed by atoms with van der Waals surface area (Å²) in [6, 6.07) is 14.1. The van der Waals surface area contributed by atoms with Crippen LogP contribution in [0.5, 0.6) is 0 Å². The van der Waals surface area contributed by atoms with Crippen LogP contribution in [0.3, 0.4) is 0 Å². The molecule has 4 nitrogen and oxygen atoms in total. The first-order chi connectivity index (χ1) is 11.9. The third-order valence-corrected chi connectivity index (χ3v) is 4.63. The monoisotopic (exact) mass is 336 g/mol. The molecule has 3 rings (SSSR count). The maximum atomic E-state index is 13.0. The van der Waals surface area contributed by atoms with Gasteiger partial charge in [-0.3, -0.25) is 4.79 Å². The summed E-state index contributed by atoms with van der Waals surface area (Å²) in [5.74, 6) is -0.443. The molecule has 0 aliphatic carbocycles. The first-order valence-corrected chi connectivity index (χ1v) is 8.48. The third kappa shape index (κ3) is 3.16. The molecule has 2 aromatic carbocycles. The van der Waals surface area contributed by atoms with Gasteiger partial charge < -0.3 is 9.74 Å². The van der Waals surface area contributed by atoms with Gasteiger partial charge in [0.05, 0.1) is 0 Å². The van der Waals surface area contributed by atoms with Crippen LogP contribution in [0.1, 0.15) is 33.9 Å². The Bertz CT molecular complexity index is 802. The van der Waals surface area contributed by atoms with Crippen LogP contribution in [0.4, 0.5) is 0 Å². The fourth-order valence-corrected chi connectivity index (χ4v) is 3.58. The molecule has 0 aromatic heterocycles. The summed E-state index contributed by atoms with van der Waals surface area (Å²) in [4.78, 5) is 20.4. The minimum Gasteiger partial charge on any atom is -0.386 e. The van der Waals surface area contributed by atoms with Crippen LogP contribution in [0.2, 0.25) is 0 Å². The van der Waals surface area contributed by atoms with Gasteiger partial charge in [0.1, 0.15) is 11.6 Å². The van der Waals surface area contributed by atoms with E-state index in [1.165, 1.54) is 5.56 Å². The van der Waals surface area contributed by atoms with Crippen molar-refractivity contribution in [1.29, 1.82) is 0 Å². The summed E-state index contributed by atoms with van der Waals surface area (Å²) >= 11 is 0. The Balaban J connectivity index is 2.09. The molecule has 2 aromatic rings. The number of carbonyl (C=O) groups excluding carboxylic acids is 1. The lowest BCUT2D eigenvalue weighted by atomic mass is 9.84. The Labute approximate surface area is 149 Å². The van der Waals surface area contributed by atoms with E-state index in [0.717, 1.165) is 28.0 Å². The Morgan fingerprint density at radius 3 is 2.20 bits per heavy atom. The molecular formula is C21H24N2O2. The van der Waals surface area contributed by atoms with Crippen molar-refractivity contribution >= 4 is 11.6 Å².